The van der Waals surface area contributed by atoms with E-state index in [9.17, 15) is 0 Å². The number of likely N-dealkylation sites (N-methyl/N-ethyl adjacent to an activating group) is 1. The van der Waals surface area contributed by atoms with Gasteiger partial charge in [-0.2, -0.15) is 0 Å². The number of aliphatic imine (C=N–C) groups is 1. The number of nitrogens with zero attached hydrogens (tertiary/aromatic N) is 2. The summed E-state index contributed by atoms with van der Waals surface area (Å²) in [7, 11) is 4.06. The predicted octanol–water partition coefficient (Wildman–Crippen LogP) is -0.139. The van der Waals surface area contributed by atoms with E-state index < -0.39 is 0 Å². The molecule has 1 atom stereocenters. The first-order valence-electron chi connectivity index (χ1n) is 4.28. The molecule has 4 heteroatoms. The second-order valence-corrected chi connectivity index (χ2v) is 3.07. The first kappa shape index (κ1) is 11.2. The Bertz CT molecular complexity index is 142. The van der Waals surface area contributed by atoms with Crippen molar-refractivity contribution in [2.24, 2.45) is 10.7 Å². The Labute approximate surface area is 74.8 Å². The first-order chi connectivity index (χ1) is 5.57. The molecule has 3 N–H and O–H groups in total. The summed E-state index contributed by atoms with van der Waals surface area (Å²) in [6.07, 6.45) is 0. The standard InChI is InChI=1S/C8H20N4/c1-5-10-8(9)11-6-7(2)12(3)4/h7H,5-6H2,1-4H3,(H3,9,10,11). The highest BCUT2D eigenvalue weighted by Crippen LogP contribution is 1.90. The first-order valence-corrected chi connectivity index (χ1v) is 4.28. The molecule has 0 aromatic rings. The van der Waals surface area contributed by atoms with Crippen molar-refractivity contribution >= 4 is 5.96 Å². The fourth-order valence-electron chi connectivity index (χ4n) is 0.631. The monoisotopic (exact) mass is 172 g/mol. The molecule has 0 spiro atoms. The van der Waals surface area contributed by atoms with Gasteiger partial charge in [-0.15, -0.1) is 0 Å². The van der Waals surface area contributed by atoms with Gasteiger partial charge in [0.2, 0.25) is 0 Å². The van der Waals surface area contributed by atoms with E-state index in [0.29, 0.717) is 12.0 Å². The lowest BCUT2D eigenvalue weighted by atomic mass is 10.3. The molecule has 4 nitrogen and oxygen atoms in total. The lowest BCUT2D eigenvalue weighted by Crippen LogP contribution is -2.34. The maximum Gasteiger partial charge on any atom is 0.188 e. The average Bonchev–Trinajstić information content (AvgIpc) is 2.00. The van der Waals surface area contributed by atoms with Gasteiger partial charge in [0.1, 0.15) is 0 Å². The SMILES string of the molecule is CCNC(N)=NCC(C)N(C)C. The fraction of sp³-hybridized carbons (Fsp3) is 0.875. The van der Waals surface area contributed by atoms with E-state index in [1.807, 2.05) is 21.0 Å². The van der Waals surface area contributed by atoms with Crippen LogP contribution in [0.2, 0.25) is 0 Å². The molecule has 0 amide bonds. The third kappa shape index (κ3) is 4.96. The maximum absolute atomic E-state index is 5.55. The third-order valence-electron chi connectivity index (χ3n) is 1.77. The Kier molecular flexibility index (Phi) is 5.45. The summed E-state index contributed by atoms with van der Waals surface area (Å²) in [4.78, 5) is 6.29. The van der Waals surface area contributed by atoms with Gasteiger partial charge in [-0.05, 0) is 27.9 Å². The molecule has 1 unspecified atom stereocenters. The van der Waals surface area contributed by atoms with Crippen molar-refractivity contribution in [1.29, 1.82) is 0 Å². The molecule has 0 aromatic carbocycles. The van der Waals surface area contributed by atoms with Gasteiger partial charge >= 0.3 is 0 Å². The van der Waals surface area contributed by atoms with Crippen LogP contribution in [0, 0.1) is 0 Å². The summed E-state index contributed by atoms with van der Waals surface area (Å²) in [5.41, 5.74) is 5.55. The van der Waals surface area contributed by atoms with Crippen LogP contribution >= 0.6 is 0 Å². The molecule has 0 fully saturated rings. The zero-order valence-corrected chi connectivity index (χ0v) is 8.46. The van der Waals surface area contributed by atoms with Gasteiger partial charge in [0.25, 0.3) is 0 Å². The van der Waals surface area contributed by atoms with Crippen molar-refractivity contribution < 1.29 is 0 Å². The van der Waals surface area contributed by atoms with Crippen LogP contribution in [0.25, 0.3) is 0 Å². The van der Waals surface area contributed by atoms with Crippen LogP contribution in [0.4, 0.5) is 0 Å². The second kappa shape index (κ2) is 5.83. The van der Waals surface area contributed by atoms with Gasteiger partial charge in [0, 0.05) is 12.6 Å². The van der Waals surface area contributed by atoms with E-state index in [0.717, 1.165) is 13.1 Å². The number of hydrogen-bond donors (Lipinski definition) is 2. The molecule has 0 aliphatic heterocycles. The molecule has 0 saturated carbocycles. The van der Waals surface area contributed by atoms with E-state index in [1.165, 1.54) is 0 Å². The number of nitrogens with two attached hydrogens (primary N) is 1. The van der Waals surface area contributed by atoms with Gasteiger partial charge in [-0.3, -0.25) is 4.99 Å². The maximum atomic E-state index is 5.55. The lowest BCUT2D eigenvalue weighted by molar-refractivity contribution is 0.321. The van der Waals surface area contributed by atoms with Crippen LogP contribution in [-0.4, -0.2) is 44.1 Å². The Hall–Kier alpha value is -0.770. The number of rotatable bonds is 4. The Morgan fingerprint density at radius 2 is 2.17 bits per heavy atom. The highest BCUT2D eigenvalue weighted by molar-refractivity contribution is 5.77. The highest BCUT2D eigenvalue weighted by atomic mass is 15.1. The van der Waals surface area contributed by atoms with Crippen molar-refractivity contribution in [3.8, 4) is 0 Å². The molecule has 12 heavy (non-hydrogen) atoms. The quantitative estimate of drug-likeness (QED) is 0.458. The minimum Gasteiger partial charge on any atom is -0.370 e. The molecular weight excluding hydrogens is 152 g/mol. The van der Waals surface area contributed by atoms with E-state index in [4.69, 9.17) is 5.73 Å². The van der Waals surface area contributed by atoms with Crippen LogP contribution in [0.5, 0.6) is 0 Å². The van der Waals surface area contributed by atoms with E-state index in [1.54, 1.807) is 0 Å². The number of guanidine groups is 1. The Morgan fingerprint density at radius 3 is 2.58 bits per heavy atom. The zero-order valence-electron chi connectivity index (χ0n) is 8.46. The Morgan fingerprint density at radius 1 is 1.58 bits per heavy atom. The molecule has 72 valence electrons. The number of hydrogen-bond acceptors (Lipinski definition) is 2. The van der Waals surface area contributed by atoms with E-state index >= 15 is 0 Å². The van der Waals surface area contributed by atoms with Crippen molar-refractivity contribution in [2.75, 3.05) is 27.2 Å². The number of nitrogens with one attached hydrogen (secondary N) is 1. The van der Waals surface area contributed by atoms with Gasteiger partial charge < -0.3 is 16.0 Å². The normalized spacial score (nSPS) is 14.9. The molecule has 0 saturated heterocycles. The topological polar surface area (TPSA) is 53.6 Å². The van der Waals surface area contributed by atoms with Crippen LogP contribution in [0.15, 0.2) is 4.99 Å². The summed E-state index contributed by atoms with van der Waals surface area (Å²) in [5.74, 6) is 0.534. The summed E-state index contributed by atoms with van der Waals surface area (Å²) >= 11 is 0. The largest absolute Gasteiger partial charge is 0.370 e. The fourth-order valence-corrected chi connectivity index (χ4v) is 0.631. The smallest absolute Gasteiger partial charge is 0.188 e. The molecular formula is C8H20N4. The summed E-state index contributed by atoms with van der Waals surface area (Å²) in [6.45, 7) is 5.68. The van der Waals surface area contributed by atoms with Crippen LogP contribution in [0.3, 0.4) is 0 Å². The molecule has 0 aromatic heterocycles. The van der Waals surface area contributed by atoms with Gasteiger partial charge in [0.05, 0.1) is 6.54 Å². The van der Waals surface area contributed by atoms with Gasteiger partial charge in [-0.25, -0.2) is 0 Å². The molecule has 0 aliphatic rings. The molecule has 0 bridgehead atoms. The highest BCUT2D eigenvalue weighted by Gasteiger charge is 2.02. The average molecular weight is 172 g/mol. The van der Waals surface area contributed by atoms with E-state index in [-0.39, 0.29) is 0 Å². The minimum absolute atomic E-state index is 0.433. The predicted molar refractivity (Wildman–Crippen MR) is 53.3 cm³/mol. The van der Waals surface area contributed by atoms with Crippen molar-refractivity contribution in [1.82, 2.24) is 10.2 Å². The second-order valence-electron chi connectivity index (χ2n) is 3.07. The third-order valence-corrected chi connectivity index (χ3v) is 1.77. The van der Waals surface area contributed by atoms with Crippen molar-refractivity contribution in [3.63, 3.8) is 0 Å². The summed E-state index contributed by atoms with van der Waals surface area (Å²) < 4.78 is 0. The minimum atomic E-state index is 0.433. The van der Waals surface area contributed by atoms with Crippen molar-refractivity contribution in [2.45, 2.75) is 19.9 Å². The van der Waals surface area contributed by atoms with Crippen LogP contribution in [0.1, 0.15) is 13.8 Å². The molecule has 0 heterocycles. The zero-order chi connectivity index (χ0) is 9.56. The van der Waals surface area contributed by atoms with E-state index in [2.05, 4.69) is 22.1 Å². The van der Waals surface area contributed by atoms with Gasteiger partial charge in [0.15, 0.2) is 5.96 Å². The lowest BCUT2D eigenvalue weighted by Gasteiger charge is -2.17. The Balaban J connectivity index is 3.71. The van der Waals surface area contributed by atoms with Gasteiger partial charge in [-0.1, -0.05) is 0 Å². The molecule has 0 aliphatic carbocycles. The van der Waals surface area contributed by atoms with Crippen molar-refractivity contribution in [3.05, 3.63) is 0 Å². The summed E-state index contributed by atoms with van der Waals surface area (Å²) in [6, 6.07) is 0.433. The summed E-state index contributed by atoms with van der Waals surface area (Å²) in [5, 5.41) is 2.95. The van der Waals surface area contributed by atoms with Crippen LogP contribution < -0.4 is 11.1 Å². The molecule has 0 rings (SSSR count). The van der Waals surface area contributed by atoms with Crippen LogP contribution in [-0.2, 0) is 0 Å². The molecule has 0 radical (unpaired) electrons.